The molecule has 0 aliphatic carbocycles. The molecule has 6 nitrogen and oxygen atoms in total. The van der Waals surface area contributed by atoms with Crippen LogP contribution in [0, 0.1) is 22.7 Å². The van der Waals surface area contributed by atoms with Crippen LogP contribution in [-0.4, -0.2) is 53.6 Å². The number of nitriles is 2. The van der Waals surface area contributed by atoms with Crippen molar-refractivity contribution in [2.45, 2.75) is 13.1 Å². The molecule has 0 bridgehead atoms. The van der Waals surface area contributed by atoms with Crippen molar-refractivity contribution in [1.82, 2.24) is 15.1 Å². The molecule has 4 aliphatic rings. The van der Waals surface area contributed by atoms with Gasteiger partial charge in [0.1, 0.15) is 25.7 Å². The molecule has 1 aromatic rings. The predicted molar refractivity (Wildman–Crippen MR) is 150 cm³/mol. The van der Waals surface area contributed by atoms with Crippen molar-refractivity contribution in [2.75, 3.05) is 39.3 Å². The summed E-state index contributed by atoms with van der Waals surface area (Å²) in [6.07, 6.45) is 25.9. The topological polar surface area (TPSA) is 66.1 Å². The largest absolute Gasteiger partial charge is 0.387 e. The van der Waals surface area contributed by atoms with E-state index in [0.29, 0.717) is 17.6 Å². The molecular weight excluding hydrogens is 468 g/mol. The molecule has 0 radical (unpaired) electrons. The van der Waals surface area contributed by atoms with E-state index in [2.05, 4.69) is 108 Å². The maximum absolute atomic E-state index is 9.68. The van der Waals surface area contributed by atoms with Gasteiger partial charge in [0.25, 0.3) is 0 Å². The van der Waals surface area contributed by atoms with E-state index in [4.69, 9.17) is 5.26 Å². The lowest BCUT2D eigenvalue weighted by atomic mass is 9.99. The second-order valence-corrected chi connectivity index (χ2v) is 9.99. The van der Waals surface area contributed by atoms with Crippen LogP contribution in [0.25, 0.3) is 0 Å². The molecule has 38 heavy (non-hydrogen) atoms. The zero-order valence-corrected chi connectivity index (χ0v) is 21.6. The van der Waals surface area contributed by atoms with Crippen molar-refractivity contribution < 1.29 is 4.48 Å². The van der Waals surface area contributed by atoms with E-state index in [-0.39, 0.29) is 0 Å². The Kier molecular flexibility index (Phi) is 7.73. The number of quaternary nitrogens is 1. The molecule has 1 unspecified atom stereocenters. The Labute approximate surface area is 225 Å². The Morgan fingerprint density at radius 1 is 0.789 bits per heavy atom. The lowest BCUT2D eigenvalue weighted by molar-refractivity contribution is -0.881. The number of rotatable bonds is 8. The predicted octanol–water partition coefficient (Wildman–Crippen LogP) is 4.56. The van der Waals surface area contributed by atoms with Crippen molar-refractivity contribution in [2.24, 2.45) is 0 Å². The maximum atomic E-state index is 9.68. The van der Waals surface area contributed by atoms with Crippen molar-refractivity contribution >= 4 is 0 Å². The number of allylic oxidation sites excluding steroid dienone is 8. The van der Waals surface area contributed by atoms with Crippen LogP contribution in [0.2, 0.25) is 0 Å². The summed E-state index contributed by atoms with van der Waals surface area (Å²) < 4.78 is 0.607. The first-order valence-corrected chi connectivity index (χ1v) is 13.1. The Hall–Kier alpha value is -4.52. The van der Waals surface area contributed by atoms with Crippen molar-refractivity contribution in [1.29, 1.82) is 10.5 Å². The smallest absolute Gasteiger partial charge is 0.171 e. The fourth-order valence-corrected chi connectivity index (χ4v) is 5.20. The van der Waals surface area contributed by atoms with E-state index >= 15 is 0 Å². The zero-order chi connectivity index (χ0) is 26.2. The molecule has 4 aliphatic heterocycles. The van der Waals surface area contributed by atoms with E-state index < -0.39 is 0 Å². The molecule has 0 aromatic heterocycles. The van der Waals surface area contributed by atoms with Crippen LogP contribution in [0.15, 0.2) is 120 Å². The van der Waals surface area contributed by atoms with E-state index in [1.54, 1.807) is 0 Å². The standard InChI is InChI=1S/C32H33N6/c33-13-21-36-17-7-28(8-18-36)29-9-19-37(20-10-29)25-31-3-1-2-4-32(31)26-38(24-14-34)22-11-30(12-23-38)27-5-15-35-16-6-27/h1-12,15,17,19,22,35H,16,18,20-21,23-26H2/q+1. The summed E-state index contributed by atoms with van der Waals surface area (Å²) in [5, 5.41) is 21.8. The highest BCUT2D eigenvalue weighted by Crippen LogP contribution is 2.27. The second kappa shape index (κ2) is 11.7. The fraction of sp³-hybridized carbons (Fsp3) is 0.250. The quantitative estimate of drug-likeness (QED) is 0.418. The highest BCUT2D eigenvalue weighted by molar-refractivity contribution is 5.49. The Morgan fingerprint density at radius 2 is 1.50 bits per heavy atom. The van der Waals surface area contributed by atoms with E-state index in [1.165, 1.54) is 33.4 Å². The first-order valence-electron chi connectivity index (χ1n) is 13.1. The molecule has 0 saturated heterocycles. The van der Waals surface area contributed by atoms with Gasteiger partial charge in [-0.05, 0) is 64.4 Å². The third kappa shape index (κ3) is 5.89. The summed E-state index contributed by atoms with van der Waals surface area (Å²) >= 11 is 0. The third-order valence-electron chi connectivity index (χ3n) is 7.39. The number of hydrogen-bond donors (Lipinski definition) is 1. The van der Waals surface area contributed by atoms with Crippen molar-refractivity contribution in [3.63, 3.8) is 0 Å². The molecule has 0 fully saturated rings. The van der Waals surface area contributed by atoms with Gasteiger partial charge in [-0.3, -0.25) is 4.48 Å². The average Bonchev–Trinajstić information content (AvgIpc) is 2.96. The normalized spacial score (nSPS) is 22.1. The number of benzene rings is 1. The van der Waals surface area contributed by atoms with Gasteiger partial charge in [-0.1, -0.05) is 42.5 Å². The van der Waals surface area contributed by atoms with E-state index in [1.807, 2.05) is 17.3 Å². The van der Waals surface area contributed by atoms with Gasteiger partial charge >= 0.3 is 0 Å². The van der Waals surface area contributed by atoms with Crippen LogP contribution in [0.5, 0.6) is 0 Å². The van der Waals surface area contributed by atoms with Gasteiger partial charge in [-0.25, -0.2) is 0 Å². The van der Waals surface area contributed by atoms with Crippen LogP contribution in [0.1, 0.15) is 11.1 Å². The molecule has 1 N–H and O–H groups in total. The number of hydrogen-bond acceptors (Lipinski definition) is 5. The molecule has 0 spiro atoms. The van der Waals surface area contributed by atoms with Crippen molar-refractivity contribution in [3.8, 4) is 12.1 Å². The lowest BCUT2D eigenvalue weighted by Crippen LogP contribution is -2.44. The summed E-state index contributed by atoms with van der Waals surface area (Å²) in [4.78, 5) is 4.32. The highest BCUT2D eigenvalue weighted by Gasteiger charge is 2.28. The molecule has 190 valence electrons. The van der Waals surface area contributed by atoms with Gasteiger partial charge < -0.3 is 15.1 Å². The third-order valence-corrected chi connectivity index (χ3v) is 7.39. The van der Waals surface area contributed by atoms with Gasteiger partial charge in [-0.2, -0.15) is 10.5 Å². The number of nitrogens with zero attached hydrogens (tertiary/aromatic N) is 5. The molecule has 1 atom stereocenters. The molecule has 0 saturated carbocycles. The fourth-order valence-electron chi connectivity index (χ4n) is 5.20. The lowest BCUT2D eigenvalue weighted by Gasteiger charge is -2.35. The summed E-state index contributed by atoms with van der Waals surface area (Å²) in [6.45, 7) is 5.72. The monoisotopic (exact) mass is 501 g/mol. The van der Waals surface area contributed by atoms with Crippen LogP contribution in [-0.2, 0) is 13.1 Å². The molecular formula is C32H33N6+. The molecule has 0 amide bonds. The van der Waals surface area contributed by atoms with Crippen LogP contribution in [0.4, 0.5) is 0 Å². The molecule has 4 heterocycles. The van der Waals surface area contributed by atoms with Crippen molar-refractivity contribution in [3.05, 3.63) is 131 Å². The van der Waals surface area contributed by atoms with Gasteiger partial charge in [0, 0.05) is 44.1 Å². The second-order valence-electron chi connectivity index (χ2n) is 9.99. The minimum atomic E-state index is 0.414. The number of dihydropyridines is 1. The average molecular weight is 502 g/mol. The summed E-state index contributed by atoms with van der Waals surface area (Å²) in [7, 11) is 0. The number of nitrogens with one attached hydrogen (secondary N) is 1. The summed E-state index contributed by atoms with van der Waals surface area (Å²) in [6, 6.07) is 13.2. The Morgan fingerprint density at radius 3 is 2.11 bits per heavy atom. The molecule has 6 heteroatoms. The Bertz CT molecular complexity index is 1390. The molecule has 5 rings (SSSR count). The van der Waals surface area contributed by atoms with Gasteiger partial charge in [0.15, 0.2) is 6.54 Å². The van der Waals surface area contributed by atoms with Gasteiger partial charge in [0.05, 0.1) is 12.3 Å². The van der Waals surface area contributed by atoms with E-state index in [0.717, 1.165) is 39.3 Å². The van der Waals surface area contributed by atoms with Crippen LogP contribution in [0.3, 0.4) is 0 Å². The SMILES string of the molecule is N#CCN1C=CC(C2=CCN(Cc3ccccc3C[N+]3(CC#N)C=CC(C4=CCNC=C4)=CC3)C=C2)=CC1. The van der Waals surface area contributed by atoms with Gasteiger partial charge in [-0.15, -0.1) is 0 Å². The van der Waals surface area contributed by atoms with Gasteiger partial charge in [0.2, 0.25) is 0 Å². The zero-order valence-electron chi connectivity index (χ0n) is 21.6. The minimum absolute atomic E-state index is 0.414. The molecule has 1 aromatic carbocycles. The minimum Gasteiger partial charge on any atom is -0.387 e. The summed E-state index contributed by atoms with van der Waals surface area (Å²) in [5.74, 6) is 0. The van der Waals surface area contributed by atoms with E-state index in [9.17, 15) is 5.26 Å². The van der Waals surface area contributed by atoms with Crippen LogP contribution < -0.4 is 5.32 Å². The summed E-state index contributed by atoms with van der Waals surface area (Å²) in [5.41, 5.74) is 7.46. The first-order chi connectivity index (χ1) is 18.7. The first kappa shape index (κ1) is 25.1. The Balaban J connectivity index is 1.25. The maximum Gasteiger partial charge on any atom is 0.171 e. The van der Waals surface area contributed by atoms with Crippen LogP contribution >= 0.6 is 0 Å². The highest BCUT2D eigenvalue weighted by atomic mass is 15.3.